The van der Waals surface area contributed by atoms with E-state index < -0.39 is 6.10 Å². The summed E-state index contributed by atoms with van der Waals surface area (Å²) in [6.07, 6.45) is -0.541. The molecule has 0 radical (unpaired) electrons. The number of rotatable bonds is 3. The smallest absolute Gasteiger partial charge is 0.208 e. The van der Waals surface area contributed by atoms with Crippen molar-refractivity contribution in [2.45, 2.75) is 6.10 Å². The van der Waals surface area contributed by atoms with Gasteiger partial charge in [-0.15, -0.1) is 0 Å². The van der Waals surface area contributed by atoms with Crippen LogP contribution in [0.25, 0.3) is 0 Å². The molecular formula is C16H15NO3. The fourth-order valence-electron chi connectivity index (χ4n) is 2.28. The van der Waals surface area contributed by atoms with Crippen LogP contribution in [0.4, 0.5) is 5.69 Å². The highest BCUT2D eigenvalue weighted by Crippen LogP contribution is 2.30. The third-order valence-electron chi connectivity index (χ3n) is 3.30. The van der Waals surface area contributed by atoms with Crippen LogP contribution in [-0.2, 0) is 0 Å². The summed E-state index contributed by atoms with van der Waals surface area (Å²) in [5.41, 5.74) is 1.46. The van der Waals surface area contributed by atoms with Gasteiger partial charge in [0.1, 0.15) is 11.5 Å². The molecular weight excluding hydrogens is 254 g/mol. The van der Waals surface area contributed by atoms with Crippen LogP contribution in [0.15, 0.2) is 48.5 Å². The summed E-state index contributed by atoms with van der Waals surface area (Å²) in [6, 6.07) is 14.8. The van der Waals surface area contributed by atoms with Gasteiger partial charge in [0.05, 0.1) is 24.9 Å². The Hall–Kier alpha value is -2.49. The van der Waals surface area contributed by atoms with E-state index in [9.17, 15) is 4.79 Å². The summed E-state index contributed by atoms with van der Waals surface area (Å²) < 4.78 is 11.0. The van der Waals surface area contributed by atoms with Gasteiger partial charge < -0.3 is 14.8 Å². The predicted molar refractivity (Wildman–Crippen MR) is 76.7 cm³/mol. The Balaban J connectivity index is 1.86. The van der Waals surface area contributed by atoms with Crippen molar-refractivity contribution >= 4 is 11.5 Å². The SMILES string of the molecule is COc1ccccc1C(=O)C1CNc2ccccc2O1. The van der Waals surface area contributed by atoms with Gasteiger partial charge in [0.2, 0.25) is 5.78 Å². The Morgan fingerprint density at radius 2 is 1.95 bits per heavy atom. The van der Waals surface area contributed by atoms with E-state index in [0.717, 1.165) is 5.69 Å². The lowest BCUT2D eigenvalue weighted by Gasteiger charge is -2.26. The Labute approximate surface area is 117 Å². The van der Waals surface area contributed by atoms with Gasteiger partial charge in [-0.3, -0.25) is 4.79 Å². The largest absolute Gasteiger partial charge is 0.496 e. The Bertz CT molecular complexity index is 639. The molecule has 2 aromatic carbocycles. The van der Waals surface area contributed by atoms with E-state index in [4.69, 9.17) is 9.47 Å². The zero-order valence-corrected chi connectivity index (χ0v) is 11.1. The minimum atomic E-state index is -0.541. The van der Waals surface area contributed by atoms with Crippen molar-refractivity contribution in [2.24, 2.45) is 0 Å². The first-order valence-electron chi connectivity index (χ1n) is 6.46. The van der Waals surface area contributed by atoms with E-state index in [1.165, 1.54) is 0 Å². The molecule has 0 amide bonds. The fraction of sp³-hybridized carbons (Fsp3) is 0.188. The molecule has 0 bridgehead atoms. The predicted octanol–water partition coefficient (Wildman–Crippen LogP) is 2.75. The lowest BCUT2D eigenvalue weighted by Crippen LogP contribution is -2.37. The molecule has 1 unspecified atom stereocenters. The average Bonchev–Trinajstić information content (AvgIpc) is 2.53. The zero-order valence-electron chi connectivity index (χ0n) is 11.1. The minimum Gasteiger partial charge on any atom is -0.496 e. The molecule has 0 spiro atoms. The second-order valence-corrected chi connectivity index (χ2v) is 4.55. The summed E-state index contributed by atoms with van der Waals surface area (Å²) in [5.74, 6) is 1.19. The molecule has 0 saturated carbocycles. The second-order valence-electron chi connectivity index (χ2n) is 4.55. The van der Waals surface area contributed by atoms with Gasteiger partial charge in [0.15, 0.2) is 6.10 Å². The Kier molecular flexibility index (Phi) is 3.29. The first kappa shape index (κ1) is 12.5. The van der Waals surface area contributed by atoms with E-state index in [2.05, 4.69) is 5.32 Å². The van der Waals surface area contributed by atoms with Crippen LogP contribution < -0.4 is 14.8 Å². The molecule has 1 heterocycles. The average molecular weight is 269 g/mol. The summed E-state index contributed by atoms with van der Waals surface area (Å²) in [7, 11) is 1.56. The number of methoxy groups -OCH3 is 1. The molecule has 1 aliphatic heterocycles. The van der Waals surface area contributed by atoms with Crippen molar-refractivity contribution in [2.75, 3.05) is 19.0 Å². The van der Waals surface area contributed by atoms with Crippen molar-refractivity contribution < 1.29 is 14.3 Å². The van der Waals surface area contributed by atoms with Crippen LogP contribution in [0.1, 0.15) is 10.4 Å². The van der Waals surface area contributed by atoms with E-state index >= 15 is 0 Å². The number of ether oxygens (including phenoxy) is 2. The standard InChI is InChI=1S/C16H15NO3/c1-19-13-8-4-2-6-11(13)16(18)15-10-17-12-7-3-5-9-14(12)20-15/h2-9,15,17H,10H2,1H3. The molecule has 0 aliphatic carbocycles. The van der Waals surface area contributed by atoms with Crippen LogP contribution in [0.3, 0.4) is 0 Å². The maximum atomic E-state index is 12.5. The number of ketones is 1. The van der Waals surface area contributed by atoms with Crippen LogP contribution in [0, 0.1) is 0 Å². The molecule has 4 heteroatoms. The highest BCUT2D eigenvalue weighted by molar-refractivity contribution is 6.02. The van der Waals surface area contributed by atoms with Crippen molar-refractivity contribution in [1.82, 2.24) is 0 Å². The second kappa shape index (κ2) is 5.25. The van der Waals surface area contributed by atoms with Crippen LogP contribution >= 0.6 is 0 Å². The topological polar surface area (TPSA) is 47.6 Å². The van der Waals surface area contributed by atoms with Gasteiger partial charge in [0.25, 0.3) is 0 Å². The van der Waals surface area contributed by atoms with E-state index in [1.54, 1.807) is 19.2 Å². The molecule has 1 N–H and O–H groups in total. The molecule has 1 aliphatic rings. The van der Waals surface area contributed by atoms with Gasteiger partial charge in [0, 0.05) is 0 Å². The highest BCUT2D eigenvalue weighted by Gasteiger charge is 2.28. The molecule has 0 saturated heterocycles. The first-order valence-corrected chi connectivity index (χ1v) is 6.46. The third kappa shape index (κ3) is 2.20. The number of anilines is 1. The van der Waals surface area contributed by atoms with Gasteiger partial charge >= 0.3 is 0 Å². The minimum absolute atomic E-state index is 0.0792. The van der Waals surface area contributed by atoms with E-state index in [-0.39, 0.29) is 5.78 Å². The number of nitrogens with one attached hydrogen (secondary N) is 1. The van der Waals surface area contributed by atoms with Crippen LogP contribution in [0.5, 0.6) is 11.5 Å². The van der Waals surface area contributed by atoms with E-state index in [1.807, 2.05) is 36.4 Å². The van der Waals surface area contributed by atoms with Crippen LogP contribution in [-0.4, -0.2) is 25.5 Å². The monoisotopic (exact) mass is 269 g/mol. The van der Waals surface area contributed by atoms with E-state index in [0.29, 0.717) is 23.6 Å². The number of Topliss-reactive ketones (excluding diaryl/α,β-unsaturated/α-hetero) is 1. The number of para-hydroxylation sites is 3. The van der Waals surface area contributed by atoms with Gasteiger partial charge in [-0.1, -0.05) is 24.3 Å². The molecule has 0 fully saturated rings. The number of hydrogen-bond donors (Lipinski definition) is 1. The van der Waals surface area contributed by atoms with Crippen molar-refractivity contribution in [3.63, 3.8) is 0 Å². The summed E-state index contributed by atoms with van der Waals surface area (Å²) in [6.45, 7) is 0.452. The van der Waals surface area contributed by atoms with Gasteiger partial charge in [-0.2, -0.15) is 0 Å². The molecule has 20 heavy (non-hydrogen) atoms. The highest BCUT2D eigenvalue weighted by atomic mass is 16.5. The zero-order chi connectivity index (χ0) is 13.9. The molecule has 102 valence electrons. The maximum Gasteiger partial charge on any atom is 0.208 e. The quantitative estimate of drug-likeness (QED) is 0.870. The van der Waals surface area contributed by atoms with Crippen molar-refractivity contribution in [3.05, 3.63) is 54.1 Å². The first-order chi connectivity index (χ1) is 9.79. The summed E-state index contributed by atoms with van der Waals surface area (Å²) in [4.78, 5) is 12.5. The number of fused-ring (bicyclic) bond motifs is 1. The normalized spacial score (nSPS) is 16.6. The molecule has 1 atom stereocenters. The molecule has 2 aromatic rings. The fourth-order valence-corrected chi connectivity index (χ4v) is 2.28. The number of carbonyl (C=O) groups excluding carboxylic acids is 1. The van der Waals surface area contributed by atoms with Crippen molar-refractivity contribution in [1.29, 1.82) is 0 Å². The molecule has 3 rings (SSSR count). The van der Waals surface area contributed by atoms with Crippen molar-refractivity contribution in [3.8, 4) is 11.5 Å². The molecule has 0 aromatic heterocycles. The summed E-state index contributed by atoms with van der Waals surface area (Å²) >= 11 is 0. The number of benzene rings is 2. The maximum absolute atomic E-state index is 12.5. The number of carbonyl (C=O) groups is 1. The third-order valence-corrected chi connectivity index (χ3v) is 3.30. The lowest BCUT2D eigenvalue weighted by atomic mass is 10.0. The van der Waals surface area contributed by atoms with Gasteiger partial charge in [-0.25, -0.2) is 0 Å². The van der Waals surface area contributed by atoms with Gasteiger partial charge in [-0.05, 0) is 24.3 Å². The lowest BCUT2D eigenvalue weighted by molar-refractivity contribution is 0.0798. The Morgan fingerprint density at radius 1 is 1.20 bits per heavy atom. The number of hydrogen-bond acceptors (Lipinski definition) is 4. The van der Waals surface area contributed by atoms with Crippen LogP contribution in [0.2, 0.25) is 0 Å². The Morgan fingerprint density at radius 3 is 2.80 bits per heavy atom. The summed E-state index contributed by atoms with van der Waals surface area (Å²) in [5, 5.41) is 3.21. The molecule has 4 nitrogen and oxygen atoms in total.